The summed E-state index contributed by atoms with van der Waals surface area (Å²) in [6, 6.07) is 0. The Kier molecular flexibility index (Phi) is 6.62. The van der Waals surface area contributed by atoms with Crippen molar-refractivity contribution in [3.05, 3.63) is 0 Å². The van der Waals surface area contributed by atoms with E-state index in [1.54, 1.807) is 0 Å². The van der Waals surface area contributed by atoms with Crippen LogP contribution < -0.4 is 5.32 Å². The second-order valence-corrected chi connectivity index (χ2v) is 6.87. The second-order valence-electron chi connectivity index (χ2n) is 6.87. The molecule has 0 atom stereocenters. The Bertz CT molecular complexity index is 228. The molecule has 0 bridgehead atoms. The van der Waals surface area contributed by atoms with Gasteiger partial charge in [-0.3, -0.25) is 0 Å². The van der Waals surface area contributed by atoms with Crippen LogP contribution in [0.5, 0.6) is 0 Å². The molecule has 19 heavy (non-hydrogen) atoms. The van der Waals surface area contributed by atoms with Crippen molar-refractivity contribution in [1.29, 1.82) is 0 Å². The first-order valence-electron chi connectivity index (χ1n) is 8.39. The molecule has 0 spiro atoms. The van der Waals surface area contributed by atoms with Gasteiger partial charge in [-0.1, -0.05) is 13.8 Å². The standard InChI is InChI=1S/C16H33N3/c1-15(2)14-19-12-10-18(11-13-19)9-3-4-16-5-7-17-8-6-16/h15-17H,3-14H2,1-2H3. The average molecular weight is 267 g/mol. The lowest BCUT2D eigenvalue weighted by Crippen LogP contribution is -2.47. The number of hydrogen-bond donors (Lipinski definition) is 1. The quantitative estimate of drug-likeness (QED) is 0.794. The van der Waals surface area contributed by atoms with Crippen LogP contribution in [0.4, 0.5) is 0 Å². The highest BCUT2D eigenvalue weighted by Gasteiger charge is 2.18. The van der Waals surface area contributed by atoms with Crippen molar-refractivity contribution in [1.82, 2.24) is 15.1 Å². The van der Waals surface area contributed by atoms with E-state index in [4.69, 9.17) is 0 Å². The molecule has 2 aliphatic rings. The molecule has 3 heteroatoms. The first kappa shape index (κ1) is 15.3. The predicted molar refractivity (Wildman–Crippen MR) is 82.5 cm³/mol. The molecular formula is C16H33N3. The van der Waals surface area contributed by atoms with Gasteiger partial charge in [0.15, 0.2) is 0 Å². The topological polar surface area (TPSA) is 18.5 Å². The minimum absolute atomic E-state index is 0.812. The lowest BCUT2D eigenvalue weighted by Gasteiger charge is -2.35. The van der Waals surface area contributed by atoms with Crippen LogP contribution in [0.25, 0.3) is 0 Å². The normalized spacial score (nSPS) is 24.2. The first-order valence-corrected chi connectivity index (χ1v) is 8.39. The Morgan fingerprint density at radius 2 is 1.63 bits per heavy atom. The highest BCUT2D eigenvalue weighted by Crippen LogP contribution is 2.18. The first-order chi connectivity index (χ1) is 9.24. The van der Waals surface area contributed by atoms with Crippen LogP contribution in [-0.2, 0) is 0 Å². The summed E-state index contributed by atoms with van der Waals surface area (Å²) in [5.41, 5.74) is 0. The molecule has 0 aromatic heterocycles. The van der Waals surface area contributed by atoms with Crippen LogP contribution >= 0.6 is 0 Å². The fourth-order valence-electron chi connectivity index (χ4n) is 3.49. The predicted octanol–water partition coefficient (Wildman–Crippen LogP) is 2.04. The third kappa shape index (κ3) is 5.80. The summed E-state index contributed by atoms with van der Waals surface area (Å²) < 4.78 is 0. The van der Waals surface area contributed by atoms with Crippen LogP contribution in [0, 0.1) is 11.8 Å². The van der Waals surface area contributed by atoms with Crippen LogP contribution in [0.2, 0.25) is 0 Å². The molecule has 2 saturated heterocycles. The molecule has 0 aliphatic carbocycles. The summed E-state index contributed by atoms with van der Waals surface area (Å²) in [6.07, 6.45) is 5.67. The largest absolute Gasteiger partial charge is 0.317 e. The molecule has 0 amide bonds. The average Bonchev–Trinajstić information content (AvgIpc) is 2.41. The van der Waals surface area contributed by atoms with Crippen molar-refractivity contribution in [2.24, 2.45) is 11.8 Å². The van der Waals surface area contributed by atoms with E-state index in [0.717, 1.165) is 11.8 Å². The van der Waals surface area contributed by atoms with E-state index in [9.17, 15) is 0 Å². The zero-order chi connectivity index (χ0) is 13.5. The van der Waals surface area contributed by atoms with Gasteiger partial charge >= 0.3 is 0 Å². The molecule has 2 heterocycles. The van der Waals surface area contributed by atoms with Crippen LogP contribution in [-0.4, -0.2) is 62.2 Å². The molecule has 112 valence electrons. The smallest absolute Gasteiger partial charge is 0.0110 e. The van der Waals surface area contributed by atoms with Crippen molar-refractivity contribution >= 4 is 0 Å². The summed E-state index contributed by atoms with van der Waals surface area (Å²) in [5.74, 6) is 1.81. The fourth-order valence-corrected chi connectivity index (χ4v) is 3.49. The maximum atomic E-state index is 3.46. The van der Waals surface area contributed by atoms with E-state index < -0.39 is 0 Å². The van der Waals surface area contributed by atoms with Gasteiger partial charge in [0.25, 0.3) is 0 Å². The molecule has 2 fully saturated rings. The van der Waals surface area contributed by atoms with Crippen LogP contribution in [0.15, 0.2) is 0 Å². The number of nitrogens with one attached hydrogen (secondary N) is 1. The SMILES string of the molecule is CC(C)CN1CCN(CCCC2CCNCC2)CC1. The van der Waals surface area contributed by atoms with Crippen molar-refractivity contribution in [3.63, 3.8) is 0 Å². The Morgan fingerprint density at radius 1 is 1.00 bits per heavy atom. The van der Waals surface area contributed by atoms with Gasteiger partial charge in [-0.25, -0.2) is 0 Å². The lowest BCUT2D eigenvalue weighted by molar-refractivity contribution is 0.119. The minimum Gasteiger partial charge on any atom is -0.317 e. The molecule has 2 aliphatic heterocycles. The van der Waals surface area contributed by atoms with E-state index in [-0.39, 0.29) is 0 Å². The van der Waals surface area contributed by atoms with E-state index in [1.807, 2.05) is 0 Å². The molecule has 0 unspecified atom stereocenters. The Hall–Kier alpha value is -0.120. The Labute approximate surface area is 119 Å². The maximum absolute atomic E-state index is 3.46. The van der Waals surface area contributed by atoms with E-state index in [0.29, 0.717) is 0 Å². The molecule has 0 aromatic carbocycles. The van der Waals surface area contributed by atoms with Gasteiger partial charge in [-0.05, 0) is 57.2 Å². The van der Waals surface area contributed by atoms with E-state index in [2.05, 4.69) is 29.0 Å². The summed E-state index contributed by atoms with van der Waals surface area (Å²) in [6.45, 7) is 14.9. The third-order valence-corrected chi connectivity index (χ3v) is 4.63. The number of rotatable bonds is 6. The van der Waals surface area contributed by atoms with Gasteiger partial charge in [0.05, 0.1) is 0 Å². The Balaban J connectivity index is 1.53. The van der Waals surface area contributed by atoms with Crippen molar-refractivity contribution in [2.45, 2.75) is 39.5 Å². The van der Waals surface area contributed by atoms with E-state index in [1.165, 1.54) is 78.0 Å². The molecule has 2 rings (SSSR count). The van der Waals surface area contributed by atoms with Crippen LogP contribution in [0.3, 0.4) is 0 Å². The van der Waals surface area contributed by atoms with Gasteiger partial charge < -0.3 is 15.1 Å². The second kappa shape index (κ2) is 8.23. The van der Waals surface area contributed by atoms with Crippen molar-refractivity contribution in [3.8, 4) is 0 Å². The lowest BCUT2D eigenvalue weighted by atomic mass is 9.93. The molecule has 3 nitrogen and oxygen atoms in total. The van der Waals surface area contributed by atoms with Gasteiger partial charge in [-0.2, -0.15) is 0 Å². The maximum Gasteiger partial charge on any atom is 0.0110 e. The van der Waals surface area contributed by atoms with Gasteiger partial charge in [-0.15, -0.1) is 0 Å². The van der Waals surface area contributed by atoms with Crippen LogP contribution in [0.1, 0.15) is 39.5 Å². The zero-order valence-corrected chi connectivity index (χ0v) is 13.0. The molecular weight excluding hydrogens is 234 g/mol. The molecule has 0 saturated carbocycles. The van der Waals surface area contributed by atoms with Crippen molar-refractivity contribution < 1.29 is 0 Å². The highest BCUT2D eigenvalue weighted by molar-refractivity contribution is 4.74. The monoisotopic (exact) mass is 267 g/mol. The summed E-state index contributed by atoms with van der Waals surface area (Å²) in [4.78, 5) is 5.31. The van der Waals surface area contributed by atoms with Gasteiger partial charge in [0, 0.05) is 32.7 Å². The molecule has 0 aromatic rings. The fraction of sp³-hybridized carbons (Fsp3) is 1.00. The summed E-state index contributed by atoms with van der Waals surface area (Å²) in [7, 11) is 0. The summed E-state index contributed by atoms with van der Waals surface area (Å²) in [5, 5.41) is 3.46. The molecule has 1 N–H and O–H groups in total. The number of nitrogens with zero attached hydrogens (tertiary/aromatic N) is 2. The summed E-state index contributed by atoms with van der Waals surface area (Å²) >= 11 is 0. The van der Waals surface area contributed by atoms with E-state index >= 15 is 0 Å². The minimum atomic E-state index is 0.812. The number of hydrogen-bond acceptors (Lipinski definition) is 3. The van der Waals surface area contributed by atoms with Gasteiger partial charge in [0.2, 0.25) is 0 Å². The van der Waals surface area contributed by atoms with Gasteiger partial charge in [0.1, 0.15) is 0 Å². The Morgan fingerprint density at radius 3 is 2.26 bits per heavy atom. The number of piperazine rings is 1. The molecule has 0 radical (unpaired) electrons. The zero-order valence-electron chi connectivity index (χ0n) is 13.0. The third-order valence-electron chi connectivity index (χ3n) is 4.63. The highest BCUT2D eigenvalue weighted by atomic mass is 15.3. The number of piperidine rings is 1. The van der Waals surface area contributed by atoms with Crippen molar-refractivity contribution in [2.75, 3.05) is 52.4 Å².